The fraction of sp³-hybridized carbons (Fsp3) is 0.900. The van der Waals surface area contributed by atoms with Crippen LogP contribution < -0.4 is 0 Å². The van der Waals surface area contributed by atoms with E-state index in [1.54, 1.807) is 0 Å². The van der Waals surface area contributed by atoms with E-state index < -0.39 is 6.26 Å². The number of carbonyl (C=O) groups excluding carboxylic acids is 1. The van der Waals surface area contributed by atoms with Crippen molar-refractivity contribution in [3.63, 3.8) is 0 Å². The molecule has 0 bridgehead atoms. The van der Waals surface area contributed by atoms with E-state index in [2.05, 4.69) is 6.92 Å². The smallest absolute Gasteiger partial charge is 0.119 e. The van der Waals surface area contributed by atoms with Crippen LogP contribution in [0.15, 0.2) is 0 Å². The third-order valence-corrected chi connectivity index (χ3v) is 1.88. The summed E-state index contributed by atoms with van der Waals surface area (Å²) in [6, 6.07) is 0. The molecule has 0 saturated heterocycles. The predicted molar refractivity (Wildman–Crippen MR) is 48.7 cm³/mol. The Morgan fingerprint density at radius 2 is 1.64 bits per heavy atom. The molecule has 0 aliphatic heterocycles. The molecule has 1 nitrogen and oxygen atoms in total. The normalized spacial score (nSPS) is 11.2. The van der Waals surface area contributed by atoms with E-state index in [1.165, 1.54) is 32.1 Å². The molecule has 0 atom stereocenters. The molecule has 0 saturated carbocycles. The lowest BCUT2D eigenvalue weighted by Crippen LogP contribution is -1.80. The minimum absolute atomic E-state index is 0.413. The number of unbranched alkanes of at least 4 members (excludes halogenated alkanes) is 6. The lowest BCUT2D eigenvalue weighted by atomic mass is 10.1. The van der Waals surface area contributed by atoms with Crippen molar-refractivity contribution in [3.05, 3.63) is 0 Å². The average Bonchev–Trinajstić information content (AvgIpc) is 2.02. The van der Waals surface area contributed by atoms with Crippen LogP contribution in [0.3, 0.4) is 0 Å². The molecule has 0 aromatic carbocycles. The van der Waals surface area contributed by atoms with Gasteiger partial charge >= 0.3 is 0 Å². The molecule has 0 aliphatic carbocycles. The molecule has 0 radical (unpaired) electrons. The summed E-state index contributed by atoms with van der Waals surface area (Å²) in [5.41, 5.74) is 0. The second-order valence-corrected chi connectivity index (χ2v) is 3.02. The number of hydrogen-bond donors (Lipinski definition) is 0. The molecule has 11 heavy (non-hydrogen) atoms. The summed E-state index contributed by atoms with van der Waals surface area (Å²) in [5, 5.41) is 0. The molecule has 0 rings (SSSR count). The lowest BCUT2D eigenvalue weighted by Gasteiger charge is -1.97. The van der Waals surface area contributed by atoms with Gasteiger partial charge in [0, 0.05) is 6.42 Å². The maximum absolute atomic E-state index is 10.2. The highest BCUT2D eigenvalue weighted by atomic mass is 16.1. The van der Waals surface area contributed by atoms with E-state index in [0.29, 0.717) is 6.42 Å². The van der Waals surface area contributed by atoms with Crippen molar-refractivity contribution >= 4 is 6.26 Å². The third-order valence-electron chi connectivity index (χ3n) is 1.88. The molecule has 1 heteroatoms. The van der Waals surface area contributed by atoms with Gasteiger partial charge in [-0.3, -0.25) is 0 Å². The summed E-state index contributed by atoms with van der Waals surface area (Å²) in [6.45, 7) is 2.21. The number of aldehydes is 1. The van der Waals surface area contributed by atoms with Crippen molar-refractivity contribution in [1.29, 1.82) is 0 Å². The van der Waals surface area contributed by atoms with Gasteiger partial charge in [0.25, 0.3) is 0 Å². The number of hydrogen-bond acceptors (Lipinski definition) is 1. The Labute approximate surface area is 71.6 Å². The molecular formula is C10H20O. The van der Waals surface area contributed by atoms with Gasteiger partial charge in [-0.2, -0.15) is 0 Å². The van der Waals surface area contributed by atoms with E-state index >= 15 is 0 Å². The summed E-state index contributed by atoms with van der Waals surface area (Å²) in [6.07, 6.45) is 8.53. The second kappa shape index (κ2) is 9.67. The van der Waals surface area contributed by atoms with E-state index in [4.69, 9.17) is 1.37 Å². The fourth-order valence-corrected chi connectivity index (χ4v) is 1.15. The van der Waals surface area contributed by atoms with Gasteiger partial charge in [0.05, 0.1) is 0 Å². The molecule has 0 aromatic heterocycles. The Balaban J connectivity index is 2.86. The van der Waals surface area contributed by atoms with Crippen LogP contribution in [-0.2, 0) is 4.79 Å². The SMILES string of the molecule is [3H]C(=O)CCCCCCCCC. The Morgan fingerprint density at radius 1 is 1.09 bits per heavy atom. The van der Waals surface area contributed by atoms with Gasteiger partial charge in [0.15, 0.2) is 0 Å². The quantitative estimate of drug-likeness (QED) is 0.391. The van der Waals surface area contributed by atoms with Gasteiger partial charge in [-0.1, -0.05) is 45.4 Å². The maximum atomic E-state index is 10.2. The zero-order valence-corrected chi connectivity index (χ0v) is 7.57. The fourth-order valence-electron chi connectivity index (χ4n) is 1.15. The van der Waals surface area contributed by atoms with Gasteiger partial charge in [-0.15, -0.1) is 0 Å². The van der Waals surface area contributed by atoms with Crippen molar-refractivity contribution in [2.75, 3.05) is 0 Å². The van der Waals surface area contributed by atoms with Gasteiger partial charge in [0.2, 0.25) is 0 Å². The molecule has 0 amide bonds. The summed E-state index contributed by atoms with van der Waals surface area (Å²) < 4.78 is 6.69. The molecule has 0 spiro atoms. The highest BCUT2D eigenvalue weighted by Crippen LogP contribution is 2.07. The van der Waals surface area contributed by atoms with E-state index in [-0.39, 0.29) is 0 Å². The van der Waals surface area contributed by atoms with Crippen molar-refractivity contribution in [2.45, 2.75) is 58.3 Å². The number of rotatable bonds is 8. The Hall–Kier alpha value is -0.330. The van der Waals surface area contributed by atoms with Crippen molar-refractivity contribution in [1.82, 2.24) is 0 Å². The first kappa shape index (κ1) is 8.76. The van der Waals surface area contributed by atoms with Crippen LogP contribution in [0.25, 0.3) is 0 Å². The van der Waals surface area contributed by atoms with E-state index in [9.17, 15) is 4.79 Å². The summed E-state index contributed by atoms with van der Waals surface area (Å²) in [4.78, 5) is 10.2. The van der Waals surface area contributed by atoms with Crippen molar-refractivity contribution < 1.29 is 6.17 Å². The first-order chi connectivity index (χ1) is 5.77. The van der Waals surface area contributed by atoms with Crippen molar-refractivity contribution in [3.8, 4) is 0 Å². The lowest BCUT2D eigenvalue weighted by molar-refractivity contribution is -0.107. The monoisotopic (exact) mass is 158 g/mol. The molecule has 0 fully saturated rings. The van der Waals surface area contributed by atoms with Gasteiger partial charge in [0.1, 0.15) is 7.63 Å². The van der Waals surface area contributed by atoms with Gasteiger partial charge < -0.3 is 4.79 Å². The van der Waals surface area contributed by atoms with Crippen LogP contribution in [0.5, 0.6) is 0 Å². The number of carbonyl (C=O) groups is 1. The molecule has 0 aromatic rings. The Morgan fingerprint density at radius 3 is 2.18 bits per heavy atom. The molecule has 0 N–H and O–H groups in total. The summed E-state index contributed by atoms with van der Waals surface area (Å²) in [7, 11) is 0. The van der Waals surface area contributed by atoms with Crippen LogP contribution in [0.4, 0.5) is 0 Å². The minimum atomic E-state index is -0.413. The van der Waals surface area contributed by atoms with Crippen LogP contribution in [-0.4, -0.2) is 6.26 Å². The first-order valence-corrected chi connectivity index (χ1v) is 4.76. The Kier molecular flexibility index (Phi) is 7.70. The second-order valence-electron chi connectivity index (χ2n) is 3.02. The summed E-state index contributed by atoms with van der Waals surface area (Å²) >= 11 is 0. The topological polar surface area (TPSA) is 17.1 Å². The first-order valence-electron chi connectivity index (χ1n) is 5.26. The van der Waals surface area contributed by atoms with Gasteiger partial charge in [-0.25, -0.2) is 0 Å². The van der Waals surface area contributed by atoms with E-state index in [1.807, 2.05) is 0 Å². The summed E-state index contributed by atoms with van der Waals surface area (Å²) in [5.74, 6) is 0. The van der Waals surface area contributed by atoms with Crippen LogP contribution >= 0.6 is 0 Å². The largest absolute Gasteiger partial charge is 0.303 e. The van der Waals surface area contributed by atoms with Crippen molar-refractivity contribution in [2.24, 2.45) is 0 Å². The van der Waals surface area contributed by atoms with E-state index in [0.717, 1.165) is 12.8 Å². The highest BCUT2D eigenvalue weighted by Gasteiger charge is 1.89. The molecule has 0 unspecified atom stereocenters. The average molecular weight is 158 g/mol. The molecule has 66 valence electrons. The predicted octanol–water partition coefficient (Wildman–Crippen LogP) is 3.33. The molecule has 0 aliphatic rings. The third kappa shape index (κ3) is 9.67. The van der Waals surface area contributed by atoms with Crippen LogP contribution in [0.2, 0.25) is 0 Å². The van der Waals surface area contributed by atoms with Crippen LogP contribution in [0, 0.1) is 0 Å². The standard InChI is InChI=1S/C10H20O/c1-2-3-4-5-6-7-8-9-10-11/h10H,2-9H2,1H3/i10T. The maximum Gasteiger partial charge on any atom is 0.119 e. The molecule has 0 heterocycles. The highest BCUT2D eigenvalue weighted by molar-refractivity contribution is 5.48. The van der Waals surface area contributed by atoms with Gasteiger partial charge in [-0.05, 0) is 6.42 Å². The minimum Gasteiger partial charge on any atom is -0.303 e. The van der Waals surface area contributed by atoms with Crippen LogP contribution in [0.1, 0.15) is 59.7 Å². The molecular weight excluding hydrogens is 136 g/mol. The zero-order chi connectivity index (χ0) is 9.23. The zero-order valence-electron chi connectivity index (χ0n) is 8.57. The Bertz CT molecular complexity index is 112.